The smallest absolute Gasteiger partial charge is 0.260 e. The maximum atomic E-state index is 12.3. The first kappa shape index (κ1) is 22.0. The normalized spacial score (nSPS) is 11.2. The molecule has 0 heterocycles. The number of ether oxygens (including phenoxy) is 3. The van der Waals surface area contributed by atoms with Crippen LogP contribution in [0.15, 0.2) is 47.6 Å². The van der Waals surface area contributed by atoms with E-state index in [-0.39, 0.29) is 5.69 Å². The second-order valence-corrected chi connectivity index (χ2v) is 7.76. The number of hydrogen-bond donors (Lipinski definition) is 1. The van der Waals surface area contributed by atoms with Crippen molar-refractivity contribution in [2.24, 2.45) is 5.10 Å². The standard InChI is InChI=1S/C19H23N3O6S/c1-26-16-8-6-5-7-15(16)22(29(4,24)25)13-19(23)21-20-12-14-9-10-17(27-2)18(11-14)28-3/h5-12H,13H2,1-4H3,(H,21,23). The van der Waals surface area contributed by atoms with Gasteiger partial charge < -0.3 is 14.2 Å². The fourth-order valence-electron chi connectivity index (χ4n) is 2.49. The van der Waals surface area contributed by atoms with Crippen molar-refractivity contribution in [3.05, 3.63) is 48.0 Å². The molecule has 2 aromatic carbocycles. The van der Waals surface area contributed by atoms with Crippen LogP contribution in [0.2, 0.25) is 0 Å². The van der Waals surface area contributed by atoms with Crippen molar-refractivity contribution in [2.75, 3.05) is 38.4 Å². The number of amides is 1. The third kappa shape index (κ3) is 5.85. The highest BCUT2D eigenvalue weighted by molar-refractivity contribution is 7.92. The van der Waals surface area contributed by atoms with Gasteiger partial charge in [0.2, 0.25) is 10.0 Å². The first-order chi connectivity index (χ1) is 13.8. The van der Waals surface area contributed by atoms with E-state index in [1.807, 2.05) is 0 Å². The van der Waals surface area contributed by atoms with E-state index in [0.29, 0.717) is 22.8 Å². The van der Waals surface area contributed by atoms with Crippen molar-refractivity contribution in [3.63, 3.8) is 0 Å². The molecule has 0 atom stereocenters. The Balaban J connectivity index is 2.12. The van der Waals surface area contributed by atoms with Crippen molar-refractivity contribution < 1.29 is 27.4 Å². The molecule has 10 heteroatoms. The number of hydrazone groups is 1. The van der Waals surface area contributed by atoms with Crippen LogP contribution in [0.1, 0.15) is 5.56 Å². The van der Waals surface area contributed by atoms with Gasteiger partial charge in [0.15, 0.2) is 11.5 Å². The lowest BCUT2D eigenvalue weighted by Crippen LogP contribution is -2.39. The van der Waals surface area contributed by atoms with Gasteiger partial charge in [-0.2, -0.15) is 5.10 Å². The van der Waals surface area contributed by atoms with Crippen molar-refractivity contribution in [2.45, 2.75) is 0 Å². The Bertz CT molecular complexity index is 991. The van der Waals surface area contributed by atoms with Crippen LogP contribution in [0.4, 0.5) is 5.69 Å². The molecule has 9 nitrogen and oxygen atoms in total. The number of hydrogen-bond acceptors (Lipinski definition) is 7. The minimum atomic E-state index is -3.73. The Morgan fingerprint density at radius 2 is 1.69 bits per heavy atom. The molecular formula is C19H23N3O6S. The maximum Gasteiger partial charge on any atom is 0.260 e. The van der Waals surface area contributed by atoms with Crippen molar-refractivity contribution in [3.8, 4) is 17.2 Å². The number of carbonyl (C=O) groups is 1. The molecule has 29 heavy (non-hydrogen) atoms. The molecule has 156 valence electrons. The van der Waals surface area contributed by atoms with Crippen LogP contribution in [0.25, 0.3) is 0 Å². The second-order valence-electron chi connectivity index (χ2n) is 5.85. The van der Waals surface area contributed by atoms with E-state index >= 15 is 0 Å². The zero-order chi connectivity index (χ0) is 21.4. The van der Waals surface area contributed by atoms with E-state index in [1.165, 1.54) is 27.5 Å². The predicted octanol–water partition coefficient (Wildman–Crippen LogP) is 1.63. The summed E-state index contributed by atoms with van der Waals surface area (Å²) < 4.78 is 40.9. The van der Waals surface area contributed by atoms with Crippen molar-refractivity contribution in [1.29, 1.82) is 0 Å². The Hall–Kier alpha value is -3.27. The molecule has 0 spiro atoms. The average Bonchev–Trinajstić information content (AvgIpc) is 2.71. The zero-order valence-electron chi connectivity index (χ0n) is 16.6. The van der Waals surface area contributed by atoms with Gasteiger partial charge in [0, 0.05) is 0 Å². The molecule has 1 N–H and O–H groups in total. The predicted molar refractivity (Wildman–Crippen MR) is 110 cm³/mol. The molecular weight excluding hydrogens is 398 g/mol. The van der Waals surface area contributed by atoms with Gasteiger partial charge in [0.25, 0.3) is 5.91 Å². The van der Waals surface area contributed by atoms with Gasteiger partial charge in [0.05, 0.1) is 39.5 Å². The summed E-state index contributed by atoms with van der Waals surface area (Å²) in [6.07, 6.45) is 2.42. The van der Waals surface area contributed by atoms with Crippen molar-refractivity contribution >= 4 is 27.8 Å². The Morgan fingerprint density at radius 3 is 2.31 bits per heavy atom. The number of methoxy groups -OCH3 is 3. The molecule has 0 saturated carbocycles. The molecule has 0 fully saturated rings. The lowest BCUT2D eigenvalue weighted by atomic mass is 10.2. The summed E-state index contributed by atoms with van der Waals surface area (Å²) in [6.45, 7) is -0.456. The Labute approximate surface area is 169 Å². The SMILES string of the molecule is COc1ccc(C=NNC(=O)CN(c2ccccc2OC)S(C)(=O)=O)cc1OC. The van der Waals surface area contributed by atoms with Crippen LogP contribution < -0.4 is 23.9 Å². The summed E-state index contributed by atoms with van der Waals surface area (Å²) in [7, 11) is 0.735. The van der Waals surface area contributed by atoms with Gasteiger partial charge in [-0.1, -0.05) is 12.1 Å². The lowest BCUT2D eigenvalue weighted by Gasteiger charge is -2.23. The largest absolute Gasteiger partial charge is 0.495 e. The van der Waals surface area contributed by atoms with Gasteiger partial charge in [-0.3, -0.25) is 9.10 Å². The van der Waals surface area contributed by atoms with Gasteiger partial charge in [-0.05, 0) is 35.9 Å². The van der Waals surface area contributed by atoms with Crippen LogP contribution >= 0.6 is 0 Å². The highest BCUT2D eigenvalue weighted by Gasteiger charge is 2.23. The monoisotopic (exact) mass is 421 g/mol. The van der Waals surface area contributed by atoms with Gasteiger partial charge in [-0.25, -0.2) is 13.8 Å². The number of nitrogens with zero attached hydrogens (tertiary/aromatic N) is 2. The number of sulfonamides is 1. The molecule has 1 amide bonds. The Kier molecular flexibility index (Phi) is 7.43. The van der Waals surface area contributed by atoms with E-state index in [4.69, 9.17) is 14.2 Å². The lowest BCUT2D eigenvalue weighted by molar-refractivity contribution is -0.119. The highest BCUT2D eigenvalue weighted by atomic mass is 32.2. The Morgan fingerprint density at radius 1 is 1.03 bits per heavy atom. The van der Waals surface area contributed by atoms with Gasteiger partial charge in [0.1, 0.15) is 12.3 Å². The third-order valence-corrected chi connectivity index (χ3v) is 4.98. The first-order valence-electron chi connectivity index (χ1n) is 8.44. The third-order valence-electron chi connectivity index (χ3n) is 3.85. The summed E-state index contributed by atoms with van der Waals surface area (Å²) in [5.41, 5.74) is 3.24. The summed E-state index contributed by atoms with van der Waals surface area (Å²) in [5, 5.41) is 3.87. The molecule has 0 bridgehead atoms. The average molecular weight is 421 g/mol. The van der Waals surface area contributed by atoms with Crippen molar-refractivity contribution in [1.82, 2.24) is 5.43 Å². The molecule has 0 saturated heterocycles. The molecule has 0 aliphatic heterocycles. The molecule has 0 aliphatic carbocycles. The minimum Gasteiger partial charge on any atom is -0.495 e. The van der Waals surface area contributed by atoms with Crippen LogP contribution in [0.3, 0.4) is 0 Å². The molecule has 0 aliphatic rings. The van der Waals surface area contributed by atoms with E-state index in [9.17, 15) is 13.2 Å². The van der Waals surface area contributed by atoms with E-state index in [1.54, 1.807) is 42.5 Å². The fourth-order valence-corrected chi connectivity index (χ4v) is 3.35. The maximum absolute atomic E-state index is 12.3. The van der Waals surface area contributed by atoms with Gasteiger partial charge in [-0.15, -0.1) is 0 Å². The van der Waals surface area contributed by atoms with Gasteiger partial charge >= 0.3 is 0 Å². The molecule has 0 unspecified atom stereocenters. The van der Waals surface area contributed by atoms with E-state index in [2.05, 4.69) is 10.5 Å². The summed E-state index contributed by atoms with van der Waals surface area (Å²) in [5.74, 6) is 0.800. The molecule has 2 rings (SSSR count). The summed E-state index contributed by atoms with van der Waals surface area (Å²) >= 11 is 0. The van der Waals surface area contributed by atoms with Crippen LogP contribution in [0.5, 0.6) is 17.2 Å². The van der Waals surface area contributed by atoms with E-state index in [0.717, 1.165) is 10.6 Å². The first-order valence-corrected chi connectivity index (χ1v) is 10.3. The number of benzene rings is 2. The topological polar surface area (TPSA) is 107 Å². The molecule has 0 radical (unpaired) electrons. The van der Waals surface area contributed by atoms with E-state index < -0.39 is 22.5 Å². The number of carbonyl (C=O) groups excluding carboxylic acids is 1. The fraction of sp³-hybridized carbons (Fsp3) is 0.263. The summed E-state index contributed by atoms with van der Waals surface area (Å²) in [4.78, 5) is 12.3. The second kappa shape index (κ2) is 9.78. The molecule has 2 aromatic rings. The number of anilines is 1. The minimum absolute atomic E-state index is 0.261. The zero-order valence-corrected chi connectivity index (χ0v) is 17.4. The number of para-hydroxylation sites is 2. The quantitative estimate of drug-likeness (QED) is 0.487. The van der Waals surface area contributed by atoms with Crippen LogP contribution in [-0.4, -0.2) is 54.7 Å². The number of rotatable bonds is 9. The molecule has 0 aromatic heterocycles. The van der Waals surface area contributed by atoms with Crippen LogP contribution in [-0.2, 0) is 14.8 Å². The summed E-state index contributed by atoms with van der Waals surface area (Å²) in [6, 6.07) is 11.6. The van der Waals surface area contributed by atoms with Crippen LogP contribution in [0, 0.1) is 0 Å². The number of nitrogens with one attached hydrogen (secondary N) is 1. The highest BCUT2D eigenvalue weighted by Crippen LogP contribution is 2.29.